The SMILES string of the molecule is CCCOc1ccccc1C(NCC)C1OCCC1C. The molecule has 0 amide bonds. The van der Waals surface area contributed by atoms with Crippen molar-refractivity contribution in [2.24, 2.45) is 5.92 Å². The predicted octanol–water partition coefficient (Wildman–Crippen LogP) is 3.55. The van der Waals surface area contributed by atoms with Gasteiger partial charge in [-0.2, -0.15) is 0 Å². The lowest BCUT2D eigenvalue weighted by atomic mass is 9.92. The average Bonchev–Trinajstić information content (AvgIpc) is 2.89. The molecule has 0 bridgehead atoms. The highest BCUT2D eigenvalue weighted by molar-refractivity contribution is 5.37. The Morgan fingerprint density at radius 2 is 2.15 bits per heavy atom. The highest BCUT2D eigenvalue weighted by atomic mass is 16.5. The van der Waals surface area contributed by atoms with Crippen LogP contribution in [0, 0.1) is 5.92 Å². The van der Waals surface area contributed by atoms with Crippen molar-refractivity contribution < 1.29 is 9.47 Å². The molecule has 3 nitrogen and oxygen atoms in total. The zero-order chi connectivity index (χ0) is 14.4. The third-order valence-corrected chi connectivity index (χ3v) is 3.91. The second-order valence-corrected chi connectivity index (χ2v) is 5.52. The van der Waals surface area contributed by atoms with Gasteiger partial charge < -0.3 is 14.8 Å². The van der Waals surface area contributed by atoms with Crippen LogP contribution in [0.15, 0.2) is 24.3 Å². The molecule has 3 unspecified atom stereocenters. The Balaban J connectivity index is 2.24. The third-order valence-electron chi connectivity index (χ3n) is 3.91. The molecule has 1 N–H and O–H groups in total. The molecule has 0 spiro atoms. The van der Waals surface area contributed by atoms with Gasteiger partial charge in [0.05, 0.1) is 18.8 Å². The number of rotatable bonds is 7. The molecule has 3 atom stereocenters. The summed E-state index contributed by atoms with van der Waals surface area (Å²) in [7, 11) is 0. The van der Waals surface area contributed by atoms with E-state index in [2.05, 4.69) is 44.3 Å². The van der Waals surface area contributed by atoms with E-state index < -0.39 is 0 Å². The predicted molar refractivity (Wildman–Crippen MR) is 82.2 cm³/mol. The summed E-state index contributed by atoms with van der Waals surface area (Å²) in [5, 5.41) is 3.58. The van der Waals surface area contributed by atoms with Crippen molar-refractivity contribution in [2.45, 2.75) is 45.8 Å². The van der Waals surface area contributed by atoms with E-state index in [9.17, 15) is 0 Å². The van der Waals surface area contributed by atoms with Crippen molar-refractivity contribution in [1.29, 1.82) is 0 Å². The largest absolute Gasteiger partial charge is 0.493 e. The number of ether oxygens (including phenoxy) is 2. The van der Waals surface area contributed by atoms with Gasteiger partial charge in [0.15, 0.2) is 0 Å². The van der Waals surface area contributed by atoms with Gasteiger partial charge in [-0.1, -0.05) is 39.0 Å². The van der Waals surface area contributed by atoms with E-state index in [1.807, 2.05) is 6.07 Å². The summed E-state index contributed by atoms with van der Waals surface area (Å²) in [6, 6.07) is 8.56. The van der Waals surface area contributed by atoms with Crippen molar-refractivity contribution in [3.63, 3.8) is 0 Å². The van der Waals surface area contributed by atoms with Gasteiger partial charge >= 0.3 is 0 Å². The van der Waals surface area contributed by atoms with Gasteiger partial charge in [0.2, 0.25) is 0 Å². The van der Waals surface area contributed by atoms with E-state index in [0.29, 0.717) is 5.92 Å². The Morgan fingerprint density at radius 1 is 1.35 bits per heavy atom. The number of hydrogen-bond donors (Lipinski definition) is 1. The molecule has 1 fully saturated rings. The van der Waals surface area contributed by atoms with Crippen molar-refractivity contribution in [2.75, 3.05) is 19.8 Å². The van der Waals surface area contributed by atoms with E-state index in [1.165, 1.54) is 5.56 Å². The molecule has 1 aromatic rings. The highest BCUT2D eigenvalue weighted by Gasteiger charge is 2.33. The van der Waals surface area contributed by atoms with Gasteiger partial charge in [-0.15, -0.1) is 0 Å². The minimum atomic E-state index is 0.213. The molecule has 1 aliphatic heterocycles. The van der Waals surface area contributed by atoms with Crippen LogP contribution in [0.1, 0.15) is 45.2 Å². The second kappa shape index (κ2) is 7.65. The normalized spacial score (nSPS) is 23.8. The Bertz CT molecular complexity index is 408. The quantitative estimate of drug-likeness (QED) is 0.826. The van der Waals surface area contributed by atoms with Gasteiger partial charge in [0.25, 0.3) is 0 Å². The molecular weight excluding hydrogens is 250 g/mol. The maximum Gasteiger partial charge on any atom is 0.124 e. The fraction of sp³-hybridized carbons (Fsp3) is 0.647. The molecule has 1 saturated heterocycles. The monoisotopic (exact) mass is 277 g/mol. The Labute approximate surface area is 122 Å². The molecule has 1 heterocycles. The zero-order valence-electron chi connectivity index (χ0n) is 12.9. The molecule has 1 aromatic carbocycles. The van der Waals surface area contributed by atoms with Crippen LogP contribution in [0.25, 0.3) is 0 Å². The number of hydrogen-bond acceptors (Lipinski definition) is 3. The van der Waals surface area contributed by atoms with Gasteiger partial charge in [0.1, 0.15) is 5.75 Å². The Morgan fingerprint density at radius 3 is 2.80 bits per heavy atom. The van der Waals surface area contributed by atoms with Crippen molar-refractivity contribution in [3.05, 3.63) is 29.8 Å². The lowest BCUT2D eigenvalue weighted by Gasteiger charge is -2.28. The van der Waals surface area contributed by atoms with E-state index in [4.69, 9.17) is 9.47 Å². The summed E-state index contributed by atoms with van der Waals surface area (Å²) in [5.41, 5.74) is 1.22. The van der Waals surface area contributed by atoms with Crippen LogP contribution < -0.4 is 10.1 Å². The highest BCUT2D eigenvalue weighted by Crippen LogP contribution is 2.35. The van der Waals surface area contributed by atoms with E-state index in [1.54, 1.807) is 0 Å². The van der Waals surface area contributed by atoms with Crippen LogP contribution in [0.2, 0.25) is 0 Å². The van der Waals surface area contributed by atoms with Crippen LogP contribution in [0.4, 0.5) is 0 Å². The van der Waals surface area contributed by atoms with Crippen LogP contribution in [-0.4, -0.2) is 25.9 Å². The molecule has 0 saturated carbocycles. The minimum Gasteiger partial charge on any atom is -0.493 e. The topological polar surface area (TPSA) is 30.5 Å². The van der Waals surface area contributed by atoms with Crippen molar-refractivity contribution in [1.82, 2.24) is 5.32 Å². The molecule has 0 aliphatic carbocycles. The molecule has 1 aliphatic rings. The summed E-state index contributed by atoms with van der Waals surface area (Å²) in [4.78, 5) is 0. The molecule has 2 rings (SSSR count). The summed E-state index contributed by atoms with van der Waals surface area (Å²) >= 11 is 0. The lowest BCUT2D eigenvalue weighted by molar-refractivity contribution is 0.0602. The van der Waals surface area contributed by atoms with E-state index in [0.717, 1.165) is 38.3 Å². The van der Waals surface area contributed by atoms with Crippen molar-refractivity contribution in [3.8, 4) is 5.75 Å². The number of para-hydroxylation sites is 1. The van der Waals surface area contributed by atoms with Gasteiger partial charge in [-0.05, 0) is 31.4 Å². The summed E-state index contributed by atoms with van der Waals surface area (Å²) in [6.45, 7) is 9.11. The number of benzene rings is 1. The summed E-state index contributed by atoms with van der Waals surface area (Å²) < 4.78 is 11.9. The van der Waals surface area contributed by atoms with Gasteiger partial charge in [-0.3, -0.25) is 0 Å². The van der Waals surface area contributed by atoms with Crippen LogP contribution in [-0.2, 0) is 4.74 Å². The fourth-order valence-corrected chi connectivity index (χ4v) is 2.85. The molecule has 20 heavy (non-hydrogen) atoms. The first-order valence-corrected chi connectivity index (χ1v) is 7.84. The summed E-state index contributed by atoms with van der Waals surface area (Å²) in [5.74, 6) is 1.57. The molecule has 0 aromatic heterocycles. The standard InChI is InChI=1S/C17H27NO2/c1-4-11-19-15-9-7-6-8-14(15)16(18-5-2)17-13(3)10-12-20-17/h6-9,13,16-18H,4-5,10-12H2,1-3H3. The third kappa shape index (κ3) is 3.53. The lowest BCUT2D eigenvalue weighted by Crippen LogP contribution is -2.35. The average molecular weight is 277 g/mol. The number of likely N-dealkylation sites (N-methyl/N-ethyl adjacent to an activating group) is 1. The second-order valence-electron chi connectivity index (χ2n) is 5.52. The van der Waals surface area contributed by atoms with Crippen LogP contribution in [0.5, 0.6) is 5.75 Å². The van der Waals surface area contributed by atoms with E-state index >= 15 is 0 Å². The molecule has 112 valence electrons. The maximum absolute atomic E-state index is 5.98. The van der Waals surface area contributed by atoms with Gasteiger partial charge in [-0.25, -0.2) is 0 Å². The molecular formula is C17H27NO2. The Hall–Kier alpha value is -1.06. The van der Waals surface area contributed by atoms with Crippen molar-refractivity contribution >= 4 is 0 Å². The first-order valence-electron chi connectivity index (χ1n) is 7.84. The van der Waals surface area contributed by atoms with Crippen LogP contribution in [0.3, 0.4) is 0 Å². The Kier molecular flexibility index (Phi) is 5.86. The van der Waals surface area contributed by atoms with Gasteiger partial charge in [0, 0.05) is 12.2 Å². The van der Waals surface area contributed by atoms with E-state index in [-0.39, 0.29) is 12.1 Å². The molecule has 3 heteroatoms. The maximum atomic E-state index is 5.98. The molecule has 0 radical (unpaired) electrons. The first kappa shape index (κ1) is 15.3. The fourth-order valence-electron chi connectivity index (χ4n) is 2.85. The summed E-state index contributed by atoms with van der Waals surface area (Å²) in [6.07, 6.45) is 2.41. The first-order chi connectivity index (χ1) is 9.77. The van der Waals surface area contributed by atoms with Crippen LogP contribution >= 0.6 is 0 Å². The minimum absolute atomic E-state index is 0.213. The number of nitrogens with one attached hydrogen (secondary N) is 1. The smallest absolute Gasteiger partial charge is 0.124 e. The zero-order valence-corrected chi connectivity index (χ0v) is 12.9.